The van der Waals surface area contributed by atoms with Crippen molar-refractivity contribution in [3.8, 4) is 6.07 Å². The Bertz CT molecular complexity index is 619. The van der Waals surface area contributed by atoms with Crippen LogP contribution in [0.1, 0.15) is 18.1 Å². The molecule has 0 fully saturated rings. The van der Waals surface area contributed by atoms with Crippen LogP contribution in [0, 0.1) is 11.3 Å². The molecule has 0 aliphatic heterocycles. The molecular weight excluding hydrogens is 256 g/mol. The average molecular weight is 270 g/mol. The summed E-state index contributed by atoms with van der Waals surface area (Å²) in [5, 5.41) is 13.0. The molecule has 2 aromatic rings. The fraction of sp³-hybridized carbons (Fsp3) is 0.214. The Morgan fingerprint density at radius 3 is 2.84 bits per heavy atom. The van der Waals surface area contributed by atoms with E-state index in [4.69, 9.17) is 5.26 Å². The summed E-state index contributed by atoms with van der Waals surface area (Å²) in [6, 6.07) is 10.1. The number of hydrogen-bond donors (Lipinski definition) is 1. The molecule has 0 saturated carbocycles. The number of rotatable bonds is 4. The monoisotopic (exact) mass is 270 g/mol. The van der Waals surface area contributed by atoms with Crippen LogP contribution in [0.3, 0.4) is 0 Å². The van der Waals surface area contributed by atoms with Crippen LogP contribution in [0.4, 0.5) is 11.5 Å². The van der Waals surface area contributed by atoms with Gasteiger partial charge in [-0.3, -0.25) is 0 Å². The van der Waals surface area contributed by atoms with E-state index in [0.717, 1.165) is 12.1 Å². The second kappa shape index (κ2) is 6.21. The first-order valence-electron chi connectivity index (χ1n) is 5.94. The second-order valence-corrected chi connectivity index (χ2v) is 4.64. The molecule has 1 heterocycles. The first-order chi connectivity index (χ1) is 9.28. The van der Waals surface area contributed by atoms with Gasteiger partial charge in [0, 0.05) is 5.69 Å². The summed E-state index contributed by atoms with van der Waals surface area (Å²) < 4.78 is 0. The van der Waals surface area contributed by atoms with Crippen LogP contribution in [0.15, 0.2) is 35.6 Å². The molecule has 0 bridgehead atoms. The molecule has 1 N–H and O–H groups in total. The summed E-state index contributed by atoms with van der Waals surface area (Å²) in [7, 11) is 0. The lowest BCUT2D eigenvalue weighted by atomic mass is 10.1. The smallest absolute Gasteiger partial charge is 0.189 e. The number of anilines is 2. The van der Waals surface area contributed by atoms with Crippen molar-refractivity contribution in [1.29, 1.82) is 5.26 Å². The molecule has 1 aromatic heterocycles. The molecule has 96 valence electrons. The maximum absolute atomic E-state index is 9.11. The van der Waals surface area contributed by atoms with Gasteiger partial charge in [-0.1, -0.05) is 36.9 Å². The van der Waals surface area contributed by atoms with Crippen molar-refractivity contribution in [1.82, 2.24) is 9.97 Å². The zero-order valence-corrected chi connectivity index (χ0v) is 11.7. The minimum absolute atomic E-state index is 0.448. The van der Waals surface area contributed by atoms with E-state index in [1.165, 1.54) is 17.3 Å². The van der Waals surface area contributed by atoms with Crippen molar-refractivity contribution in [2.45, 2.75) is 18.5 Å². The molecule has 0 saturated heterocycles. The Labute approximate surface area is 116 Å². The van der Waals surface area contributed by atoms with Gasteiger partial charge in [-0.25, -0.2) is 9.97 Å². The largest absolute Gasteiger partial charge is 0.339 e. The van der Waals surface area contributed by atoms with Crippen molar-refractivity contribution < 1.29 is 0 Å². The standard InChI is InChI=1S/C14H14N4S/c1-3-10-6-4-5-7-12(10)17-13-11(8-15)9-16-14(18-13)19-2/h4-7,9H,3H2,1-2H3,(H,16,17,18). The Hall–Kier alpha value is -2.06. The van der Waals surface area contributed by atoms with Crippen molar-refractivity contribution in [2.24, 2.45) is 0 Å². The van der Waals surface area contributed by atoms with Crippen molar-refractivity contribution in [3.05, 3.63) is 41.6 Å². The van der Waals surface area contributed by atoms with Gasteiger partial charge in [-0.2, -0.15) is 5.26 Å². The van der Waals surface area contributed by atoms with Gasteiger partial charge in [0.1, 0.15) is 11.6 Å². The van der Waals surface area contributed by atoms with Crippen LogP contribution in [0.2, 0.25) is 0 Å². The number of nitrogens with zero attached hydrogens (tertiary/aromatic N) is 3. The molecular formula is C14H14N4S. The maximum Gasteiger partial charge on any atom is 0.189 e. The van der Waals surface area contributed by atoms with Crippen LogP contribution in [-0.2, 0) is 6.42 Å². The van der Waals surface area contributed by atoms with Crippen LogP contribution in [-0.4, -0.2) is 16.2 Å². The number of nitriles is 1. The van der Waals surface area contributed by atoms with Gasteiger partial charge in [-0.15, -0.1) is 0 Å². The first kappa shape index (κ1) is 13.4. The highest BCUT2D eigenvalue weighted by atomic mass is 32.2. The summed E-state index contributed by atoms with van der Waals surface area (Å²) in [4.78, 5) is 8.45. The van der Waals surface area contributed by atoms with E-state index in [1.54, 1.807) is 6.20 Å². The van der Waals surface area contributed by atoms with Crippen molar-refractivity contribution in [3.63, 3.8) is 0 Å². The molecule has 2 rings (SSSR count). The first-order valence-corrected chi connectivity index (χ1v) is 7.17. The number of thioether (sulfide) groups is 1. The third-order valence-corrected chi connectivity index (χ3v) is 3.28. The number of hydrogen-bond acceptors (Lipinski definition) is 5. The Kier molecular flexibility index (Phi) is 4.37. The molecule has 19 heavy (non-hydrogen) atoms. The fourth-order valence-corrected chi connectivity index (χ4v) is 2.06. The zero-order chi connectivity index (χ0) is 13.7. The molecule has 1 aromatic carbocycles. The average Bonchev–Trinajstić information content (AvgIpc) is 2.47. The second-order valence-electron chi connectivity index (χ2n) is 3.87. The third-order valence-electron chi connectivity index (χ3n) is 2.72. The Balaban J connectivity index is 2.39. The lowest BCUT2D eigenvalue weighted by Crippen LogP contribution is -2.01. The molecule has 0 unspecified atom stereocenters. The molecule has 4 nitrogen and oxygen atoms in total. The van der Waals surface area contributed by atoms with Gasteiger partial charge in [-0.05, 0) is 24.3 Å². The quantitative estimate of drug-likeness (QED) is 0.681. The van der Waals surface area contributed by atoms with Gasteiger partial charge < -0.3 is 5.32 Å². The van der Waals surface area contributed by atoms with E-state index < -0.39 is 0 Å². The third kappa shape index (κ3) is 3.04. The summed E-state index contributed by atoms with van der Waals surface area (Å²) in [6.45, 7) is 2.10. The van der Waals surface area contributed by atoms with Gasteiger partial charge in [0.25, 0.3) is 0 Å². The number of benzene rings is 1. The van der Waals surface area contributed by atoms with E-state index in [1.807, 2.05) is 24.5 Å². The summed E-state index contributed by atoms with van der Waals surface area (Å²) in [6.07, 6.45) is 4.38. The molecule has 5 heteroatoms. The van der Waals surface area contributed by atoms with Gasteiger partial charge >= 0.3 is 0 Å². The normalized spacial score (nSPS) is 9.95. The molecule has 0 aliphatic carbocycles. The predicted octanol–water partition coefficient (Wildman–Crippen LogP) is 3.38. The van der Waals surface area contributed by atoms with Crippen LogP contribution in [0.25, 0.3) is 0 Å². The van der Waals surface area contributed by atoms with E-state index in [2.05, 4.69) is 34.3 Å². The number of para-hydroxylation sites is 1. The highest BCUT2D eigenvalue weighted by Gasteiger charge is 2.08. The Morgan fingerprint density at radius 1 is 1.37 bits per heavy atom. The summed E-state index contributed by atoms with van der Waals surface area (Å²) >= 11 is 1.45. The molecule has 0 atom stereocenters. The van der Waals surface area contributed by atoms with Crippen molar-refractivity contribution in [2.75, 3.05) is 11.6 Å². The fourth-order valence-electron chi connectivity index (χ4n) is 1.72. The molecule has 0 radical (unpaired) electrons. The number of nitrogens with one attached hydrogen (secondary N) is 1. The van der Waals surface area contributed by atoms with Crippen LogP contribution in [0.5, 0.6) is 0 Å². The van der Waals surface area contributed by atoms with Crippen LogP contribution < -0.4 is 5.32 Å². The molecule has 0 amide bonds. The lowest BCUT2D eigenvalue weighted by Gasteiger charge is -2.11. The minimum Gasteiger partial charge on any atom is -0.339 e. The highest BCUT2D eigenvalue weighted by molar-refractivity contribution is 7.98. The Morgan fingerprint density at radius 2 is 2.16 bits per heavy atom. The maximum atomic E-state index is 9.11. The van der Waals surface area contributed by atoms with Crippen molar-refractivity contribution >= 4 is 23.3 Å². The van der Waals surface area contributed by atoms with E-state index in [9.17, 15) is 0 Å². The topological polar surface area (TPSA) is 61.6 Å². The van der Waals surface area contributed by atoms with Gasteiger partial charge in [0.2, 0.25) is 0 Å². The summed E-state index contributed by atoms with van der Waals surface area (Å²) in [5.74, 6) is 0.558. The van der Waals surface area contributed by atoms with Gasteiger partial charge in [0.05, 0.1) is 6.20 Å². The predicted molar refractivity (Wildman–Crippen MR) is 77.6 cm³/mol. The lowest BCUT2D eigenvalue weighted by molar-refractivity contribution is 0.968. The van der Waals surface area contributed by atoms with E-state index >= 15 is 0 Å². The highest BCUT2D eigenvalue weighted by Crippen LogP contribution is 2.23. The van der Waals surface area contributed by atoms with Crippen LogP contribution >= 0.6 is 11.8 Å². The zero-order valence-electron chi connectivity index (χ0n) is 10.8. The SMILES string of the molecule is CCc1ccccc1Nc1nc(SC)ncc1C#N. The van der Waals surface area contributed by atoms with E-state index in [-0.39, 0.29) is 0 Å². The number of aromatic nitrogens is 2. The summed E-state index contributed by atoms with van der Waals surface area (Å²) in [5.41, 5.74) is 2.62. The number of aryl methyl sites for hydroxylation is 1. The minimum atomic E-state index is 0.448. The van der Waals surface area contributed by atoms with Gasteiger partial charge in [0.15, 0.2) is 11.0 Å². The molecule has 0 aliphatic rings. The van der Waals surface area contributed by atoms with E-state index in [0.29, 0.717) is 16.5 Å². The molecule has 0 spiro atoms.